The van der Waals surface area contributed by atoms with Crippen molar-refractivity contribution >= 4 is 5.91 Å². The van der Waals surface area contributed by atoms with Gasteiger partial charge >= 0.3 is 0 Å². The van der Waals surface area contributed by atoms with Gasteiger partial charge in [-0.15, -0.1) is 0 Å². The zero-order valence-corrected chi connectivity index (χ0v) is 10.9. The van der Waals surface area contributed by atoms with E-state index in [1.807, 2.05) is 6.92 Å². The standard InChI is InChI=1S/C13H26N2O/c1-4-7-13(3,14)11(16)15-10-12(2)8-5-6-9-12/h4-10,14H2,1-3H3,(H,15,16). The third-order valence-electron chi connectivity index (χ3n) is 3.77. The summed E-state index contributed by atoms with van der Waals surface area (Å²) in [6, 6.07) is 0. The Morgan fingerprint density at radius 1 is 1.44 bits per heavy atom. The monoisotopic (exact) mass is 226 g/mol. The van der Waals surface area contributed by atoms with Gasteiger partial charge in [0.25, 0.3) is 0 Å². The van der Waals surface area contributed by atoms with Crippen LogP contribution in [0.15, 0.2) is 0 Å². The van der Waals surface area contributed by atoms with Crippen LogP contribution in [0.2, 0.25) is 0 Å². The fourth-order valence-corrected chi connectivity index (χ4v) is 2.53. The Bertz CT molecular complexity index is 242. The maximum absolute atomic E-state index is 11.9. The number of rotatable bonds is 5. The first-order chi connectivity index (χ1) is 7.40. The van der Waals surface area contributed by atoms with Gasteiger partial charge in [-0.05, 0) is 31.6 Å². The Kier molecular flexibility index (Phi) is 4.36. The third-order valence-corrected chi connectivity index (χ3v) is 3.77. The van der Waals surface area contributed by atoms with Gasteiger partial charge < -0.3 is 11.1 Å². The summed E-state index contributed by atoms with van der Waals surface area (Å²) in [7, 11) is 0. The molecule has 16 heavy (non-hydrogen) atoms. The van der Waals surface area contributed by atoms with Crippen LogP contribution in [-0.2, 0) is 4.79 Å². The van der Waals surface area contributed by atoms with Gasteiger partial charge in [-0.2, -0.15) is 0 Å². The van der Waals surface area contributed by atoms with Gasteiger partial charge in [0.1, 0.15) is 0 Å². The average molecular weight is 226 g/mol. The fourth-order valence-electron chi connectivity index (χ4n) is 2.53. The Labute approximate surface area is 99.2 Å². The molecule has 3 heteroatoms. The van der Waals surface area contributed by atoms with E-state index in [1.54, 1.807) is 0 Å². The van der Waals surface area contributed by atoms with Crippen LogP contribution in [0.4, 0.5) is 0 Å². The maximum atomic E-state index is 11.9. The van der Waals surface area contributed by atoms with Crippen LogP contribution in [0.1, 0.15) is 59.3 Å². The van der Waals surface area contributed by atoms with Gasteiger partial charge in [0.15, 0.2) is 0 Å². The van der Waals surface area contributed by atoms with Crippen molar-refractivity contribution in [3.63, 3.8) is 0 Å². The zero-order chi connectivity index (χ0) is 12.2. The van der Waals surface area contributed by atoms with Crippen molar-refractivity contribution in [3.05, 3.63) is 0 Å². The maximum Gasteiger partial charge on any atom is 0.239 e. The van der Waals surface area contributed by atoms with Gasteiger partial charge in [0.05, 0.1) is 5.54 Å². The van der Waals surface area contributed by atoms with E-state index in [2.05, 4.69) is 19.2 Å². The highest BCUT2D eigenvalue weighted by Crippen LogP contribution is 2.36. The first-order valence-corrected chi connectivity index (χ1v) is 6.47. The number of nitrogens with two attached hydrogens (primary N) is 1. The van der Waals surface area contributed by atoms with E-state index in [0.29, 0.717) is 5.41 Å². The summed E-state index contributed by atoms with van der Waals surface area (Å²) in [6.45, 7) is 6.91. The van der Waals surface area contributed by atoms with E-state index < -0.39 is 5.54 Å². The Balaban J connectivity index is 2.40. The average Bonchev–Trinajstić information content (AvgIpc) is 2.62. The van der Waals surface area contributed by atoms with E-state index in [4.69, 9.17) is 5.73 Å². The van der Waals surface area contributed by atoms with E-state index in [-0.39, 0.29) is 5.91 Å². The number of hydrogen-bond acceptors (Lipinski definition) is 2. The minimum Gasteiger partial charge on any atom is -0.354 e. The molecule has 0 aromatic rings. The molecule has 0 aromatic heterocycles. The molecule has 1 atom stereocenters. The van der Waals surface area contributed by atoms with Crippen molar-refractivity contribution in [2.75, 3.05) is 6.54 Å². The normalized spacial score (nSPS) is 22.8. The first kappa shape index (κ1) is 13.5. The third kappa shape index (κ3) is 3.48. The lowest BCUT2D eigenvalue weighted by Gasteiger charge is -2.28. The molecule has 0 saturated heterocycles. The van der Waals surface area contributed by atoms with Crippen molar-refractivity contribution in [3.8, 4) is 0 Å². The molecule has 3 N–H and O–H groups in total. The number of hydrogen-bond donors (Lipinski definition) is 2. The minimum absolute atomic E-state index is 0.00229. The van der Waals surface area contributed by atoms with Gasteiger partial charge in [0, 0.05) is 6.54 Å². The SMILES string of the molecule is CCCC(C)(N)C(=O)NCC1(C)CCCC1. The molecule has 1 aliphatic rings. The summed E-state index contributed by atoms with van der Waals surface area (Å²) in [5.74, 6) is 0.00229. The predicted octanol–water partition coefficient (Wildman–Crippen LogP) is 2.20. The van der Waals surface area contributed by atoms with E-state index in [1.165, 1.54) is 25.7 Å². The minimum atomic E-state index is -0.705. The Hall–Kier alpha value is -0.570. The topological polar surface area (TPSA) is 55.1 Å². The molecule has 0 bridgehead atoms. The molecule has 1 rings (SSSR count). The van der Waals surface area contributed by atoms with Crippen LogP contribution in [0, 0.1) is 5.41 Å². The molecule has 0 heterocycles. The second kappa shape index (κ2) is 5.17. The molecule has 1 saturated carbocycles. The Morgan fingerprint density at radius 2 is 2.00 bits per heavy atom. The second-order valence-electron chi connectivity index (χ2n) is 5.87. The molecule has 0 radical (unpaired) electrons. The molecular formula is C13H26N2O. The summed E-state index contributed by atoms with van der Waals surface area (Å²) in [5.41, 5.74) is 5.59. The fraction of sp³-hybridized carbons (Fsp3) is 0.923. The molecule has 3 nitrogen and oxygen atoms in total. The number of nitrogens with one attached hydrogen (secondary N) is 1. The van der Waals surface area contributed by atoms with Crippen LogP contribution < -0.4 is 11.1 Å². The molecule has 1 fully saturated rings. The summed E-state index contributed by atoms with van der Waals surface area (Å²) in [4.78, 5) is 11.9. The van der Waals surface area contributed by atoms with Crippen LogP contribution in [0.25, 0.3) is 0 Å². The van der Waals surface area contributed by atoms with Crippen LogP contribution in [-0.4, -0.2) is 18.0 Å². The molecular weight excluding hydrogens is 200 g/mol. The molecule has 94 valence electrons. The van der Waals surface area contributed by atoms with Crippen molar-refractivity contribution < 1.29 is 4.79 Å². The van der Waals surface area contributed by atoms with Crippen LogP contribution in [0.3, 0.4) is 0 Å². The van der Waals surface area contributed by atoms with Crippen molar-refractivity contribution in [2.24, 2.45) is 11.1 Å². The molecule has 1 amide bonds. The smallest absolute Gasteiger partial charge is 0.239 e. The lowest BCUT2D eigenvalue weighted by atomic mass is 9.88. The van der Waals surface area contributed by atoms with Gasteiger partial charge in [-0.25, -0.2) is 0 Å². The largest absolute Gasteiger partial charge is 0.354 e. The van der Waals surface area contributed by atoms with E-state index >= 15 is 0 Å². The van der Waals surface area contributed by atoms with Gasteiger partial charge in [0.2, 0.25) is 5.91 Å². The molecule has 0 aliphatic heterocycles. The predicted molar refractivity (Wildman–Crippen MR) is 67.1 cm³/mol. The van der Waals surface area contributed by atoms with Crippen LogP contribution in [0.5, 0.6) is 0 Å². The van der Waals surface area contributed by atoms with Crippen molar-refractivity contribution in [1.29, 1.82) is 0 Å². The summed E-state index contributed by atoms with van der Waals surface area (Å²) >= 11 is 0. The summed E-state index contributed by atoms with van der Waals surface area (Å²) in [5, 5.41) is 3.03. The van der Waals surface area contributed by atoms with E-state index in [9.17, 15) is 4.79 Å². The quantitative estimate of drug-likeness (QED) is 0.755. The zero-order valence-electron chi connectivity index (χ0n) is 10.9. The molecule has 1 unspecified atom stereocenters. The number of amides is 1. The van der Waals surface area contributed by atoms with Crippen molar-refractivity contribution in [2.45, 2.75) is 64.8 Å². The summed E-state index contributed by atoms with van der Waals surface area (Å²) in [6.07, 6.45) is 6.72. The van der Waals surface area contributed by atoms with Gasteiger partial charge in [-0.1, -0.05) is 33.1 Å². The second-order valence-corrected chi connectivity index (χ2v) is 5.87. The van der Waals surface area contributed by atoms with Crippen molar-refractivity contribution in [1.82, 2.24) is 5.32 Å². The summed E-state index contributed by atoms with van der Waals surface area (Å²) < 4.78 is 0. The highest BCUT2D eigenvalue weighted by molar-refractivity contribution is 5.85. The number of carbonyl (C=O) groups is 1. The van der Waals surface area contributed by atoms with Gasteiger partial charge in [-0.3, -0.25) is 4.79 Å². The highest BCUT2D eigenvalue weighted by atomic mass is 16.2. The first-order valence-electron chi connectivity index (χ1n) is 6.47. The number of carbonyl (C=O) groups excluding carboxylic acids is 1. The molecule has 0 spiro atoms. The Morgan fingerprint density at radius 3 is 2.50 bits per heavy atom. The highest BCUT2D eigenvalue weighted by Gasteiger charge is 2.32. The molecule has 1 aliphatic carbocycles. The lowest BCUT2D eigenvalue weighted by molar-refractivity contribution is -0.126. The molecule has 0 aromatic carbocycles. The van der Waals surface area contributed by atoms with Crippen LogP contribution >= 0.6 is 0 Å². The lowest BCUT2D eigenvalue weighted by Crippen LogP contribution is -2.53. The van der Waals surface area contributed by atoms with E-state index in [0.717, 1.165) is 19.4 Å².